The molecule has 0 amide bonds. The molecular weight excluding hydrogens is 236 g/mol. The van der Waals surface area contributed by atoms with Crippen LogP contribution in [0.25, 0.3) is 0 Å². The Morgan fingerprint density at radius 3 is 2.65 bits per heavy atom. The second kappa shape index (κ2) is 4.80. The maximum atomic E-state index is 6.20. The fourth-order valence-electron chi connectivity index (χ4n) is 1.79. The highest BCUT2D eigenvalue weighted by Crippen LogP contribution is 2.23. The van der Waals surface area contributed by atoms with Crippen molar-refractivity contribution in [1.82, 2.24) is 9.55 Å². The molecule has 1 aromatic carbocycles. The number of imidazole rings is 1. The van der Waals surface area contributed by atoms with Gasteiger partial charge in [-0.3, -0.25) is 0 Å². The van der Waals surface area contributed by atoms with E-state index in [2.05, 4.69) is 9.55 Å². The third-order valence-corrected chi connectivity index (χ3v) is 3.05. The molecule has 0 aliphatic rings. The standard InChI is InChI=1S/C13H15ClN2O/c1-9-7-16(10(2)15-9)8-11-4-5-12(17-3)6-13(11)14/h4-7H,8H2,1-3H3. The van der Waals surface area contributed by atoms with Crippen LogP contribution in [0.15, 0.2) is 24.4 Å². The van der Waals surface area contributed by atoms with Gasteiger partial charge in [0.2, 0.25) is 0 Å². The second-order valence-electron chi connectivity index (χ2n) is 4.01. The summed E-state index contributed by atoms with van der Waals surface area (Å²) < 4.78 is 7.21. The zero-order valence-electron chi connectivity index (χ0n) is 10.2. The molecule has 90 valence electrons. The summed E-state index contributed by atoms with van der Waals surface area (Å²) in [6, 6.07) is 5.73. The van der Waals surface area contributed by atoms with Gasteiger partial charge in [0, 0.05) is 11.2 Å². The molecule has 0 unspecified atom stereocenters. The number of methoxy groups -OCH3 is 1. The molecule has 0 atom stereocenters. The van der Waals surface area contributed by atoms with Crippen LogP contribution < -0.4 is 4.74 Å². The summed E-state index contributed by atoms with van der Waals surface area (Å²) in [6.07, 6.45) is 2.02. The van der Waals surface area contributed by atoms with Crippen molar-refractivity contribution in [3.8, 4) is 5.75 Å². The normalized spacial score (nSPS) is 10.6. The molecule has 0 fully saturated rings. The highest BCUT2D eigenvalue weighted by Gasteiger charge is 2.06. The molecule has 0 saturated heterocycles. The molecule has 0 bridgehead atoms. The number of rotatable bonds is 3. The third-order valence-electron chi connectivity index (χ3n) is 2.70. The van der Waals surface area contributed by atoms with E-state index in [-0.39, 0.29) is 0 Å². The van der Waals surface area contributed by atoms with Gasteiger partial charge in [-0.05, 0) is 31.5 Å². The van der Waals surface area contributed by atoms with Crippen LogP contribution in [0.1, 0.15) is 17.1 Å². The van der Waals surface area contributed by atoms with E-state index in [4.69, 9.17) is 16.3 Å². The van der Waals surface area contributed by atoms with Gasteiger partial charge in [-0.1, -0.05) is 17.7 Å². The van der Waals surface area contributed by atoms with Crippen molar-refractivity contribution in [1.29, 1.82) is 0 Å². The average Bonchev–Trinajstić information content (AvgIpc) is 2.60. The maximum Gasteiger partial charge on any atom is 0.120 e. The van der Waals surface area contributed by atoms with Gasteiger partial charge in [-0.15, -0.1) is 0 Å². The van der Waals surface area contributed by atoms with Crippen LogP contribution in [0.2, 0.25) is 5.02 Å². The van der Waals surface area contributed by atoms with E-state index < -0.39 is 0 Å². The van der Waals surface area contributed by atoms with E-state index in [1.807, 2.05) is 38.2 Å². The van der Waals surface area contributed by atoms with E-state index in [1.54, 1.807) is 7.11 Å². The lowest BCUT2D eigenvalue weighted by Crippen LogP contribution is -2.01. The van der Waals surface area contributed by atoms with Gasteiger partial charge in [0.1, 0.15) is 11.6 Å². The zero-order chi connectivity index (χ0) is 12.4. The van der Waals surface area contributed by atoms with Crippen LogP contribution in [-0.2, 0) is 6.54 Å². The smallest absolute Gasteiger partial charge is 0.120 e. The number of benzene rings is 1. The Labute approximate surface area is 106 Å². The minimum atomic E-state index is 0.718. The summed E-state index contributed by atoms with van der Waals surface area (Å²) in [4.78, 5) is 4.37. The molecule has 3 nitrogen and oxygen atoms in total. The van der Waals surface area contributed by atoms with Gasteiger partial charge in [0.25, 0.3) is 0 Å². The summed E-state index contributed by atoms with van der Waals surface area (Å²) in [5.41, 5.74) is 2.08. The molecule has 0 N–H and O–H groups in total. The Morgan fingerprint density at radius 2 is 2.12 bits per heavy atom. The van der Waals surface area contributed by atoms with Crippen LogP contribution >= 0.6 is 11.6 Å². The molecule has 1 heterocycles. The molecule has 0 aliphatic carbocycles. The Morgan fingerprint density at radius 1 is 1.35 bits per heavy atom. The molecule has 2 aromatic rings. The minimum Gasteiger partial charge on any atom is -0.497 e. The molecule has 4 heteroatoms. The van der Waals surface area contributed by atoms with Gasteiger partial charge in [-0.25, -0.2) is 4.98 Å². The van der Waals surface area contributed by atoms with Gasteiger partial charge in [0.05, 0.1) is 19.3 Å². The highest BCUT2D eigenvalue weighted by atomic mass is 35.5. The van der Waals surface area contributed by atoms with Crippen molar-refractivity contribution in [3.63, 3.8) is 0 Å². The molecule has 2 rings (SSSR count). The fourth-order valence-corrected chi connectivity index (χ4v) is 2.02. The van der Waals surface area contributed by atoms with E-state index in [9.17, 15) is 0 Å². The highest BCUT2D eigenvalue weighted by molar-refractivity contribution is 6.31. The van der Waals surface area contributed by atoms with Crippen molar-refractivity contribution in [2.75, 3.05) is 7.11 Å². The van der Waals surface area contributed by atoms with Gasteiger partial charge in [-0.2, -0.15) is 0 Å². The first kappa shape index (κ1) is 12.0. The van der Waals surface area contributed by atoms with Gasteiger partial charge >= 0.3 is 0 Å². The number of nitrogens with zero attached hydrogens (tertiary/aromatic N) is 2. The lowest BCUT2D eigenvalue weighted by molar-refractivity contribution is 0.414. The number of ether oxygens (including phenoxy) is 1. The number of halogens is 1. The second-order valence-corrected chi connectivity index (χ2v) is 4.42. The van der Waals surface area contributed by atoms with Gasteiger partial charge in [0.15, 0.2) is 0 Å². The molecule has 17 heavy (non-hydrogen) atoms. The largest absolute Gasteiger partial charge is 0.497 e. The molecule has 1 aromatic heterocycles. The Balaban J connectivity index is 2.27. The maximum absolute atomic E-state index is 6.20. The van der Waals surface area contributed by atoms with E-state index in [1.165, 1.54) is 0 Å². The molecule has 0 radical (unpaired) electrons. The first-order chi connectivity index (χ1) is 8.10. The van der Waals surface area contributed by atoms with Crippen molar-refractivity contribution >= 4 is 11.6 Å². The van der Waals surface area contributed by atoms with E-state index >= 15 is 0 Å². The van der Waals surface area contributed by atoms with Crippen LogP contribution in [-0.4, -0.2) is 16.7 Å². The van der Waals surface area contributed by atoms with Crippen molar-refractivity contribution in [3.05, 3.63) is 46.5 Å². The van der Waals surface area contributed by atoms with Crippen LogP contribution in [0, 0.1) is 13.8 Å². The quantitative estimate of drug-likeness (QED) is 0.837. The third kappa shape index (κ3) is 2.61. The Kier molecular flexibility index (Phi) is 3.38. The lowest BCUT2D eigenvalue weighted by Gasteiger charge is -2.08. The van der Waals surface area contributed by atoms with Crippen molar-refractivity contribution in [2.45, 2.75) is 20.4 Å². The van der Waals surface area contributed by atoms with Crippen molar-refractivity contribution < 1.29 is 4.74 Å². The molecule has 0 saturated carbocycles. The summed E-state index contributed by atoms with van der Waals surface area (Å²) in [7, 11) is 1.63. The summed E-state index contributed by atoms with van der Waals surface area (Å²) >= 11 is 6.20. The lowest BCUT2D eigenvalue weighted by atomic mass is 10.2. The predicted octanol–water partition coefficient (Wildman–Crippen LogP) is 3.21. The number of hydrogen-bond donors (Lipinski definition) is 0. The fraction of sp³-hybridized carbons (Fsp3) is 0.308. The SMILES string of the molecule is COc1ccc(Cn2cc(C)nc2C)c(Cl)c1. The molecular formula is C13H15ClN2O. The number of aromatic nitrogens is 2. The first-order valence-corrected chi connectivity index (χ1v) is 5.80. The molecule has 0 spiro atoms. The van der Waals surface area contributed by atoms with Crippen LogP contribution in [0.5, 0.6) is 5.75 Å². The Hall–Kier alpha value is -1.48. The topological polar surface area (TPSA) is 27.1 Å². The van der Waals surface area contributed by atoms with E-state index in [0.717, 1.165) is 34.4 Å². The summed E-state index contributed by atoms with van der Waals surface area (Å²) in [6.45, 7) is 4.71. The van der Waals surface area contributed by atoms with Gasteiger partial charge < -0.3 is 9.30 Å². The predicted molar refractivity (Wildman–Crippen MR) is 68.8 cm³/mol. The summed E-state index contributed by atoms with van der Waals surface area (Å²) in [5, 5.41) is 0.718. The zero-order valence-corrected chi connectivity index (χ0v) is 11.0. The van der Waals surface area contributed by atoms with Crippen LogP contribution in [0.4, 0.5) is 0 Å². The number of aryl methyl sites for hydroxylation is 2. The van der Waals surface area contributed by atoms with Crippen molar-refractivity contribution in [2.24, 2.45) is 0 Å². The average molecular weight is 251 g/mol. The van der Waals surface area contributed by atoms with E-state index in [0.29, 0.717) is 0 Å². The number of hydrogen-bond acceptors (Lipinski definition) is 2. The Bertz CT molecular complexity index is 534. The first-order valence-electron chi connectivity index (χ1n) is 5.43. The minimum absolute atomic E-state index is 0.718. The summed E-state index contributed by atoms with van der Waals surface area (Å²) in [5.74, 6) is 1.77. The van der Waals surface area contributed by atoms with Crippen LogP contribution in [0.3, 0.4) is 0 Å². The molecule has 0 aliphatic heterocycles. The monoisotopic (exact) mass is 250 g/mol.